The summed E-state index contributed by atoms with van der Waals surface area (Å²) in [5, 5.41) is 8.64. The molecule has 15 heavy (non-hydrogen) atoms. The number of carboxylic acids is 1. The number of nitrogens with zero attached hydrogens (tertiary/aromatic N) is 1. The van der Waals surface area contributed by atoms with Crippen molar-refractivity contribution in [3.8, 4) is 0 Å². The van der Waals surface area contributed by atoms with Gasteiger partial charge in [0.25, 0.3) is 0 Å². The predicted molar refractivity (Wildman–Crippen MR) is 57.4 cm³/mol. The summed E-state index contributed by atoms with van der Waals surface area (Å²) in [6, 6.07) is -0.834. The molecule has 0 radical (unpaired) electrons. The van der Waals surface area contributed by atoms with Crippen LogP contribution in [0.5, 0.6) is 0 Å². The molecule has 2 atom stereocenters. The van der Waals surface area contributed by atoms with Crippen molar-refractivity contribution in [3.63, 3.8) is 0 Å². The Kier molecular flexibility index (Phi) is 5.93. The molecule has 0 aromatic rings. The summed E-state index contributed by atoms with van der Waals surface area (Å²) in [5.41, 5.74) is 5.62. The van der Waals surface area contributed by atoms with Crippen LogP contribution in [-0.2, 0) is 9.59 Å². The van der Waals surface area contributed by atoms with Crippen LogP contribution in [0, 0.1) is 0 Å². The second kappa shape index (κ2) is 6.40. The highest BCUT2D eigenvalue weighted by atomic mass is 16.4. The lowest BCUT2D eigenvalue weighted by atomic mass is 10.1. The summed E-state index contributed by atoms with van der Waals surface area (Å²) < 4.78 is 0. The first-order valence-corrected chi connectivity index (χ1v) is 5.21. The van der Waals surface area contributed by atoms with Crippen molar-refractivity contribution < 1.29 is 14.7 Å². The predicted octanol–water partition coefficient (Wildman–Crippen LogP) is 0.435. The Morgan fingerprint density at radius 1 is 1.40 bits per heavy atom. The smallest absolute Gasteiger partial charge is 0.305 e. The second-order valence-corrected chi connectivity index (χ2v) is 3.59. The van der Waals surface area contributed by atoms with Crippen molar-refractivity contribution in [1.29, 1.82) is 0 Å². The molecule has 1 unspecified atom stereocenters. The average Bonchev–Trinajstić information content (AvgIpc) is 2.16. The van der Waals surface area contributed by atoms with E-state index in [0.717, 1.165) is 0 Å². The van der Waals surface area contributed by atoms with Gasteiger partial charge < -0.3 is 15.7 Å². The van der Waals surface area contributed by atoms with Crippen LogP contribution in [0.15, 0.2) is 0 Å². The van der Waals surface area contributed by atoms with Gasteiger partial charge in [0, 0.05) is 12.6 Å². The van der Waals surface area contributed by atoms with Crippen LogP contribution in [0.4, 0.5) is 0 Å². The van der Waals surface area contributed by atoms with Gasteiger partial charge in [0.2, 0.25) is 5.91 Å². The van der Waals surface area contributed by atoms with Crippen LogP contribution in [0.3, 0.4) is 0 Å². The van der Waals surface area contributed by atoms with Gasteiger partial charge in [-0.15, -0.1) is 0 Å². The number of carbonyl (C=O) groups is 2. The molecular formula is C10H20N2O3. The fourth-order valence-corrected chi connectivity index (χ4v) is 1.44. The molecule has 0 fully saturated rings. The maximum Gasteiger partial charge on any atom is 0.305 e. The molecule has 0 aliphatic carbocycles. The number of nitrogens with two attached hydrogens (primary N) is 1. The molecular weight excluding hydrogens is 196 g/mol. The van der Waals surface area contributed by atoms with E-state index in [1.54, 1.807) is 6.92 Å². The summed E-state index contributed by atoms with van der Waals surface area (Å²) in [6.07, 6.45) is 0.519. The Hall–Kier alpha value is -1.10. The molecule has 0 rings (SSSR count). The van der Waals surface area contributed by atoms with E-state index < -0.39 is 12.0 Å². The van der Waals surface area contributed by atoms with Crippen LogP contribution in [0.25, 0.3) is 0 Å². The molecule has 0 saturated carbocycles. The molecule has 0 saturated heterocycles. The average molecular weight is 216 g/mol. The maximum atomic E-state index is 11.7. The first-order chi connectivity index (χ1) is 6.93. The normalized spacial score (nSPS) is 14.4. The summed E-state index contributed by atoms with van der Waals surface area (Å²) >= 11 is 0. The minimum absolute atomic E-state index is 0.0456. The van der Waals surface area contributed by atoms with E-state index in [1.165, 1.54) is 4.90 Å². The highest BCUT2D eigenvalue weighted by Crippen LogP contribution is 2.06. The van der Waals surface area contributed by atoms with E-state index in [4.69, 9.17) is 10.8 Å². The standard InChI is InChI=1S/C10H20N2O3/c1-4-8(11)10(15)12(5-2)7(3)6-9(13)14/h7-8H,4-6,11H2,1-3H3,(H,13,14)/t7?,8-/m1/s1. The van der Waals surface area contributed by atoms with E-state index in [1.807, 2.05) is 13.8 Å². The van der Waals surface area contributed by atoms with Gasteiger partial charge in [-0.05, 0) is 20.3 Å². The van der Waals surface area contributed by atoms with Crippen molar-refractivity contribution in [2.75, 3.05) is 6.54 Å². The Morgan fingerprint density at radius 3 is 2.27 bits per heavy atom. The van der Waals surface area contributed by atoms with Crippen molar-refractivity contribution in [3.05, 3.63) is 0 Å². The first-order valence-electron chi connectivity index (χ1n) is 5.21. The lowest BCUT2D eigenvalue weighted by Crippen LogP contribution is -2.48. The molecule has 3 N–H and O–H groups in total. The third kappa shape index (κ3) is 4.29. The van der Waals surface area contributed by atoms with Crippen LogP contribution in [-0.4, -0.2) is 40.5 Å². The summed E-state index contributed by atoms with van der Waals surface area (Å²) in [6.45, 7) is 5.86. The highest BCUT2D eigenvalue weighted by Gasteiger charge is 2.24. The molecule has 0 bridgehead atoms. The molecule has 0 aromatic heterocycles. The number of carbonyl (C=O) groups excluding carboxylic acids is 1. The van der Waals surface area contributed by atoms with Crippen LogP contribution in [0.1, 0.15) is 33.6 Å². The zero-order valence-electron chi connectivity index (χ0n) is 9.56. The number of likely N-dealkylation sites (N-methyl/N-ethyl adjacent to an activating group) is 1. The highest BCUT2D eigenvalue weighted by molar-refractivity contribution is 5.82. The number of aliphatic carboxylic acids is 1. The maximum absolute atomic E-state index is 11.7. The third-order valence-electron chi connectivity index (χ3n) is 2.38. The number of hydrogen-bond donors (Lipinski definition) is 2. The van der Waals surface area contributed by atoms with Crippen molar-refractivity contribution in [1.82, 2.24) is 4.90 Å². The van der Waals surface area contributed by atoms with Gasteiger partial charge in [-0.2, -0.15) is 0 Å². The molecule has 0 aromatic carbocycles. The molecule has 0 aliphatic rings. The molecule has 5 heteroatoms. The van der Waals surface area contributed by atoms with Crippen LogP contribution >= 0.6 is 0 Å². The molecule has 88 valence electrons. The zero-order chi connectivity index (χ0) is 12.0. The van der Waals surface area contributed by atoms with E-state index >= 15 is 0 Å². The minimum Gasteiger partial charge on any atom is -0.481 e. The topological polar surface area (TPSA) is 83.6 Å². The fourth-order valence-electron chi connectivity index (χ4n) is 1.44. The Morgan fingerprint density at radius 2 is 1.93 bits per heavy atom. The molecule has 0 heterocycles. The summed E-state index contributed by atoms with van der Waals surface area (Å²) in [4.78, 5) is 23.8. The quantitative estimate of drug-likeness (QED) is 0.674. The molecule has 0 aliphatic heterocycles. The molecule has 0 spiro atoms. The first kappa shape index (κ1) is 13.9. The Balaban J connectivity index is 4.46. The summed E-state index contributed by atoms with van der Waals surface area (Å²) in [5.74, 6) is -1.08. The SMILES string of the molecule is CC[C@@H](N)C(=O)N(CC)C(C)CC(=O)O. The van der Waals surface area contributed by atoms with Gasteiger partial charge in [-0.1, -0.05) is 6.92 Å². The number of rotatable bonds is 6. The van der Waals surface area contributed by atoms with Gasteiger partial charge in [-0.25, -0.2) is 0 Å². The molecule has 5 nitrogen and oxygen atoms in total. The van der Waals surface area contributed by atoms with Gasteiger partial charge >= 0.3 is 5.97 Å². The lowest BCUT2D eigenvalue weighted by Gasteiger charge is -2.29. The van der Waals surface area contributed by atoms with Crippen LogP contribution in [0.2, 0.25) is 0 Å². The van der Waals surface area contributed by atoms with Gasteiger partial charge in [0.1, 0.15) is 0 Å². The van der Waals surface area contributed by atoms with E-state index in [0.29, 0.717) is 13.0 Å². The number of amides is 1. The fraction of sp³-hybridized carbons (Fsp3) is 0.800. The number of hydrogen-bond acceptors (Lipinski definition) is 3. The van der Waals surface area contributed by atoms with Gasteiger partial charge in [-0.3, -0.25) is 9.59 Å². The monoisotopic (exact) mass is 216 g/mol. The van der Waals surface area contributed by atoms with Gasteiger partial charge in [0.05, 0.1) is 12.5 Å². The number of carboxylic acid groups (broad SMARTS) is 1. The second-order valence-electron chi connectivity index (χ2n) is 3.59. The van der Waals surface area contributed by atoms with E-state index in [9.17, 15) is 9.59 Å². The Bertz CT molecular complexity index is 231. The van der Waals surface area contributed by atoms with Gasteiger partial charge in [0.15, 0.2) is 0 Å². The lowest BCUT2D eigenvalue weighted by molar-refractivity contribution is -0.140. The Labute approximate surface area is 90.2 Å². The van der Waals surface area contributed by atoms with Crippen molar-refractivity contribution in [2.45, 2.75) is 45.7 Å². The van der Waals surface area contributed by atoms with E-state index in [-0.39, 0.29) is 18.4 Å². The van der Waals surface area contributed by atoms with Crippen molar-refractivity contribution in [2.24, 2.45) is 5.73 Å². The molecule has 1 amide bonds. The zero-order valence-corrected chi connectivity index (χ0v) is 9.56. The third-order valence-corrected chi connectivity index (χ3v) is 2.38. The largest absolute Gasteiger partial charge is 0.481 e. The van der Waals surface area contributed by atoms with Crippen molar-refractivity contribution >= 4 is 11.9 Å². The van der Waals surface area contributed by atoms with Crippen LogP contribution < -0.4 is 5.73 Å². The minimum atomic E-state index is -0.904. The summed E-state index contributed by atoms with van der Waals surface area (Å²) in [7, 11) is 0. The van der Waals surface area contributed by atoms with E-state index in [2.05, 4.69) is 0 Å².